The number of hydrogen-bond donors (Lipinski definition) is 1. The monoisotopic (exact) mass is 303 g/mol. The fraction of sp³-hybridized carbons (Fsp3) is 0.571. The Hall–Kier alpha value is -1.14. The van der Waals surface area contributed by atoms with Crippen molar-refractivity contribution in [3.8, 4) is 5.75 Å². The average Bonchev–Trinajstić information content (AvgIpc) is 2.30. The maximum Gasteiger partial charge on any atom is 0.147 e. The molecule has 4 nitrogen and oxygen atoms in total. The Kier molecular flexibility index (Phi) is 6.42. The zero-order chi connectivity index (χ0) is 15.2. The van der Waals surface area contributed by atoms with Gasteiger partial charge >= 0.3 is 0 Å². The third kappa shape index (κ3) is 7.45. The summed E-state index contributed by atoms with van der Waals surface area (Å²) in [5.74, 6) is 0.148. The molecule has 20 heavy (non-hydrogen) atoms. The van der Waals surface area contributed by atoms with Gasteiger partial charge in [-0.15, -0.1) is 0 Å². The Morgan fingerprint density at radius 2 is 2.00 bits per heavy atom. The van der Waals surface area contributed by atoms with Crippen LogP contribution >= 0.6 is 0 Å². The minimum atomic E-state index is -2.98. The lowest BCUT2D eigenvalue weighted by Crippen LogP contribution is -2.21. The number of ether oxygens (including phenoxy) is 1. The fourth-order valence-corrected chi connectivity index (χ4v) is 2.28. The lowest BCUT2D eigenvalue weighted by molar-refractivity contribution is 0.315. The first kappa shape index (κ1) is 16.9. The van der Waals surface area contributed by atoms with E-state index in [1.807, 2.05) is 13.8 Å². The van der Waals surface area contributed by atoms with Gasteiger partial charge in [0.1, 0.15) is 21.4 Å². The van der Waals surface area contributed by atoms with Gasteiger partial charge < -0.3 is 10.1 Å². The molecule has 0 aliphatic carbocycles. The maximum atomic E-state index is 13.4. The Morgan fingerprint density at radius 3 is 2.60 bits per heavy atom. The minimum absolute atomic E-state index is 0.0735. The molecule has 0 aromatic heterocycles. The molecule has 0 bridgehead atoms. The van der Waals surface area contributed by atoms with E-state index in [1.165, 1.54) is 18.4 Å². The third-order valence-corrected chi connectivity index (χ3v) is 3.60. The minimum Gasteiger partial charge on any atom is -0.493 e. The van der Waals surface area contributed by atoms with Crippen molar-refractivity contribution >= 4 is 9.84 Å². The second-order valence-electron chi connectivity index (χ2n) is 5.16. The summed E-state index contributed by atoms with van der Waals surface area (Å²) in [6.07, 6.45) is 1.58. The van der Waals surface area contributed by atoms with Crippen LogP contribution in [0, 0.1) is 5.82 Å². The first-order valence-electron chi connectivity index (χ1n) is 6.59. The van der Waals surface area contributed by atoms with Gasteiger partial charge in [0.25, 0.3) is 0 Å². The normalized spacial score (nSPS) is 11.8. The van der Waals surface area contributed by atoms with E-state index in [1.54, 1.807) is 6.07 Å². The summed E-state index contributed by atoms with van der Waals surface area (Å²) in [5, 5.41) is 3.20. The van der Waals surface area contributed by atoms with Crippen LogP contribution in [0.1, 0.15) is 25.8 Å². The van der Waals surface area contributed by atoms with Crippen molar-refractivity contribution in [2.45, 2.75) is 32.9 Å². The Morgan fingerprint density at radius 1 is 1.30 bits per heavy atom. The van der Waals surface area contributed by atoms with E-state index >= 15 is 0 Å². The van der Waals surface area contributed by atoms with Crippen molar-refractivity contribution in [3.63, 3.8) is 0 Å². The molecular formula is C14H22FNO3S. The highest BCUT2D eigenvalue weighted by molar-refractivity contribution is 7.90. The molecule has 0 aliphatic heterocycles. The summed E-state index contributed by atoms with van der Waals surface area (Å²) in [6.45, 7) is 4.85. The van der Waals surface area contributed by atoms with Gasteiger partial charge in [-0.1, -0.05) is 13.8 Å². The quantitative estimate of drug-likeness (QED) is 0.748. The van der Waals surface area contributed by atoms with Crippen LogP contribution < -0.4 is 10.1 Å². The number of benzene rings is 1. The summed E-state index contributed by atoms with van der Waals surface area (Å²) < 4.78 is 40.8. The standard InChI is InChI=1S/C14H22FNO3S/c1-11(2)16-10-12-7-13(15)9-14(8-12)19-5-4-6-20(3,17)18/h7-9,11,16H,4-6,10H2,1-3H3. The van der Waals surface area contributed by atoms with Crippen LogP contribution in [0.4, 0.5) is 4.39 Å². The van der Waals surface area contributed by atoms with Crippen molar-refractivity contribution in [2.24, 2.45) is 0 Å². The van der Waals surface area contributed by atoms with E-state index in [-0.39, 0.29) is 18.2 Å². The summed E-state index contributed by atoms with van der Waals surface area (Å²) in [7, 11) is -2.98. The third-order valence-electron chi connectivity index (χ3n) is 2.57. The number of halogens is 1. The summed E-state index contributed by atoms with van der Waals surface area (Å²) in [6, 6.07) is 4.84. The van der Waals surface area contributed by atoms with E-state index in [0.29, 0.717) is 24.8 Å². The van der Waals surface area contributed by atoms with Crippen LogP contribution in [0.25, 0.3) is 0 Å². The van der Waals surface area contributed by atoms with Crippen molar-refractivity contribution in [2.75, 3.05) is 18.6 Å². The lowest BCUT2D eigenvalue weighted by Gasteiger charge is -2.11. The highest BCUT2D eigenvalue weighted by Crippen LogP contribution is 2.17. The van der Waals surface area contributed by atoms with Crippen LogP contribution in [-0.2, 0) is 16.4 Å². The summed E-state index contributed by atoms with van der Waals surface area (Å²) in [5.41, 5.74) is 0.803. The summed E-state index contributed by atoms with van der Waals surface area (Å²) >= 11 is 0. The highest BCUT2D eigenvalue weighted by Gasteiger charge is 2.05. The fourth-order valence-electron chi connectivity index (χ4n) is 1.64. The number of hydrogen-bond acceptors (Lipinski definition) is 4. The van der Waals surface area contributed by atoms with Crippen molar-refractivity contribution in [1.82, 2.24) is 5.32 Å². The molecule has 0 amide bonds. The molecule has 0 spiro atoms. The van der Waals surface area contributed by atoms with E-state index in [2.05, 4.69) is 5.32 Å². The maximum absolute atomic E-state index is 13.4. The van der Waals surface area contributed by atoms with E-state index in [0.717, 1.165) is 5.56 Å². The molecule has 0 radical (unpaired) electrons. The molecule has 0 unspecified atom stereocenters. The molecule has 0 atom stereocenters. The second-order valence-corrected chi connectivity index (χ2v) is 7.42. The average molecular weight is 303 g/mol. The Balaban J connectivity index is 2.53. The van der Waals surface area contributed by atoms with Crippen LogP contribution in [0.15, 0.2) is 18.2 Å². The number of sulfone groups is 1. The largest absolute Gasteiger partial charge is 0.493 e. The first-order chi connectivity index (χ1) is 9.26. The molecular weight excluding hydrogens is 281 g/mol. The molecule has 0 saturated heterocycles. The van der Waals surface area contributed by atoms with Crippen LogP contribution in [-0.4, -0.2) is 33.1 Å². The number of rotatable bonds is 8. The molecule has 1 rings (SSSR count). The lowest BCUT2D eigenvalue weighted by atomic mass is 10.2. The molecule has 1 N–H and O–H groups in total. The van der Waals surface area contributed by atoms with Gasteiger partial charge in [-0.2, -0.15) is 0 Å². The Bertz CT molecular complexity index is 529. The zero-order valence-corrected chi connectivity index (χ0v) is 13.0. The zero-order valence-electron chi connectivity index (χ0n) is 12.1. The predicted molar refractivity (Wildman–Crippen MR) is 78.2 cm³/mol. The Labute approximate surface area is 120 Å². The SMILES string of the molecule is CC(C)NCc1cc(F)cc(OCCCS(C)(=O)=O)c1. The first-order valence-corrected chi connectivity index (χ1v) is 8.66. The molecule has 114 valence electrons. The van der Waals surface area contributed by atoms with Gasteiger partial charge in [0, 0.05) is 24.9 Å². The molecule has 0 heterocycles. The van der Waals surface area contributed by atoms with Gasteiger partial charge in [-0.25, -0.2) is 12.8 Å². The van der Waals surface area contributed by atoms with Crippen molar-refractivity contribution in [1.29, 1.82) is 0 Å². The summed E-state index contributed by atoms with van der Waals surface area (Å²) in [4.78, 5) is 0. The van der Waals surface area contributed by atoms with E-state index in [9.17, 15) is 12.8 Å². The van der Waals surface area contributed by atoms with Crippen molar-refractivity contribution < 1.29 is 17.5 Å². The smallest absolute Gasteiger partial charge is 0.147 e. The molecule has 0 fully saturated rings. The van der Waals surface area contributed by atoms with E-state index in [4.69, 9.17) is 4.74 Å². The molecule has 6 heteroatoms. The topological polar surface area (TPSA) is 55.4 Å². The molecule has 1 aromatic rings. The predicted octanol–water partition coefficient (Wildman–Crippen LogP) is 2.14. The van der Waals surface area contributed by atoms with E-state index < -0.39 is 9.84 Å². The molecule has 0 aliphatic rings. The second kappa shape index (κ2) is 7.59. The van der Waals surface area contributed by atoms with Gasteiger partial charge in [-0.3, -0.25) is 0 Å². The van der Waals surface area contributed by atoms with Gasteiger partial charge in [0.15, 0.2) is 0 Å². The van der Waals surface area contributed by atoms with Crippen LogP contribution in [0.5, 0.6) is 5.75 Å². The van der Waals surface area contributed by atoms with Crippen LogP contribution in [0.2, 0.25) is 0 Å². The van der Waals surface area contributed by atoms with Crippen molar-refractivity contribution in [3.05, 3.63) is 29.6 Å². The van der Waals surface area contributed by atoms with Gasteiger partial charge in [0.2, 0.25) is 0 Å². The molecule has 1 aromatic carbocycles. The molecule has 0 saturated carbocycles. The number of nitrogens with one attached hydrogen (secondary N) is 1. The van der Waals surface area contributed by atoms with Gasteiger partial charge in [0.05, 0.1) is 12.4 Å². The van der Waals surface area contributed by atoms with Crippen LogP contribution in [0.3, 0.4) is 0 Å². The highest BCUT2D eigenvalue weighted by atomic mass is 32.2. The van der Waals surface area contributed by atoms with Gasteiger partial charge in [-0.05, 0) is 24.1 Å².